The van der Waals surface area contributed by atoms with E-state index in [1.807, 2.05) is 18.6 Å². The summed E-state index contributed by atoms with van der Waals surface area (Å²) in [5.41, 5.74) is 1.27. The van der Waals surface area contributed by atoms with Crippen molar-refractivity contribution in [3.63, 3.8) is 0 Å². The number of fused-ring (bicyclic) bond motifs is 1. The number of rotatable bonds is 6. The van der Waals surface area contributed by atoms with E-state index in [2.05, 4.69) is 41.5 Å². The lowest BCUT2D eigenvalue weighted by atomic mass is 10.1. The zero-order chi connectivity index (χ0) is 13.7. The molecule has 2 rings (SSSR count). The van der Waals surface area contributed by atoms with Crippen LogP contribution in [0.3, 0.4) is 0 Å². The Labute approximate surface area is 118 Å². The zero-order valence-corrected chi connectivity index (χ0v) is 12.2. The molecule has 0 saturated heterocycles. The Morgan fingerprint density at radius 1 is 1.37 bits per heavy atom. The molecular weight excluding hydrogens is 256 g/mol. The van der Waals surface area contributed by atoms with Gasteiger partial charge in [-0.1, -0.05) is 18.2 Å². The number of aromatic nitrogens is 1. The first-order valence-electron chi connectivity index (χ1n) is 6.45. The van der Waals surface area contributed by atoms with E-state index >= 15 is 0 Å². The molecule has 0 saturated carbocycles. The van der Waals surface area contributed by atoms with E-state index in [1.54, 1.807) is 11.8 Å². The van der Waals surface area contributed by atoms with Gasteiger partial charge in [0.1, 0.15) is 0 Å². The van der Waals surface area contributed by atoms with Crippen molar-refractivity contribution < 1.29 is 5.11 Å². The van der Waals surface area contributed by atoms with E-state index in [0.717, 1.165) is 11.9 Å². The highest BCUT2D eigenvalue weighted by atomic mass is 32.2. The van der Waals surface area contributed by atoms with Gasteiger partial charge in [0.2, 0.25) is 0 Å². The fourth-order valence-electron chi connectivity index (χ4n) is 2.18. The first-order valence-corrected chi connectivity index (χ1v) is 7.73. The predicted molar refractivity (Wildman–Crippen MR) is 82.4 cm³/mol. The van der Waals surface area contributed by atoms with E-state index in [9.17, 15) is 5.11 Å². The topological polar surface area (TPSA) is 45.1 Å². The summed E-state index contributed by atoms with van der Waals surface area (Å²) in [4.78, 5) is 4.15. The molecule has 0 aliphatic heterocycles. The van der Waals surface area contributed by atoms with Gasteiger partial charge in [-0.2, -0.15) is 11.8 Å². The monoisotopic (exact) mass is 276 g/mol. The van der Waals surface area contributed by atoms with Gasteiger partial charge in [0.15, 0.2) is 0 Å². The number of nitrogens with one attached hydrogen (secondary N) is 1. The molecule has 0 radical (unpaired) electrons. The summed E-state index contributed by atoms with van der Waals surface area (Å²) in [6, 6.07) is 8.60. The molecule has 2 aromatic rings. The maximum atomic E-state index is 9.30. The summed E-state index contributed by atoms with van der Waals surface area (Å²) in [6.45, 7) is 3.12. The summed E-state index contributed by atoms with van der Waals surface area (Å²) in [5.74, 6) is 0. The molecule has 1 aromatic heterocycles. The summed E-state index contributed by atoms with van der Waals surface area (Å²) in [6.07, 6.45) is 5.75. The van der Waals surface area contributed by atoms with E-state index in [0.29, 0.717) is 0 Å². The van der Waals surface area contributed by atoms with Crippen molar-refractivity contribution in [2.24, 2.45) is 0 Å². The van der Waals surface area contributed by atoms with Gasteiger partial charge in [0, 0.05) is 35.6 Å². The average Bonchev–Trinajstić information content (AvgIpc) is 2.46. The first-order chi connectivity index (χ1) is 9.26. The van der Waals surface area contributed by atoms with Gasteiger partial charge < -0.3 is 10.4 Å². The number of benzene rings is 1. The van der Waals surface area contributed by atoms with Crippen LogP contribution in [0.25, 0.3) is 10.8 Å². The molecule has 0 amide bonds. The summed E-state index contributed by atoms with van der Waals surface area (Å²) < 4.78 is 0. The SMILES string of the molecule is CSC(CO)C(C)NCc1cccc2cnccc12. The van der Waals surface area contributed by atoms with Crippen LogP contribution >= 0.6 is 11.8 Å². The minimum Gasteiger partial charge on any atom is -0.395 e. The largest absolute Gasteiger partial charge is 0.395 e. The number of thioether (sulfide) groups is 1. The van der Waals surface area contributed by atoms with Gasteiger partial charge in [0.05, 0.1) is 6.61 Å². The minimum absolute atomic E-state index is 0.203. The molecule has 2 unspecified atom stereocenters. The highest BCUT2D eigenvalue weighted by Gasteiger charge is 2.14. The van der Waals surface area contributed by atoms with E-state index in [4.69, 9.17) is 0 Å². The molecule has 0 aliphatic carbocycles. The Hall–Kier alpha value is -1.10. The second-order valence-corrected chi connectivity index (χ2v) is 5.72. The van der Waals surface area contributed by atoms with Gasteiger partial charge >= 0.3 is 0 Å². The Morgan fingerprint density at radius 3 is 2.95 bits per heavy atom. The van der Waals surface area contributed by atoms with Crippen LogP contribution in [0.1, 0.15) is 12.5 Å². The second-order valence-electron chi connectivity index (χ2n) is 4.64. The van der Waals surface area contributed by atoms with Crippen LogP contribution in [0.2, 0.25) is 0 Å². The van der Waals surface area contributed by atoms with Crippen molar-refractivity contribution >= 4 is 22.5 Å². The molecule has 0 aliphatic rings. The van der Waals surface area contributed by atoms with Crippen LogP contribution in [0, 0.1) is 0 Å². The van der Waals surface area contributed by atoms with Gasteiger partial charge in [-0.15, -0.1) is 0 Å². The van der Waals surface area contributed by atoms with Crippen molar-refractivity contribution in [1.29, 1.82) is 0 Å². The summed E-state index contributed by atoms with van der Waals surface area (Å²) >= 11 is 1.69. The first kappa shape index (κ1) is 14.3. The molecule has 0 fully saturated rings. The van der Waals surface area contributed by atoms with Gasteiger partial charge in [-0.05, 0) is 30.2 Å². The van der Waals surface area contributed by atoms with Crippen LogP contribution in [0.5, 0.6) is 0 Å². The molecule has 0 spiro atoms. The van der Waals surface area contributed by atoms with Crippen molar-refractivity contribution in [3.8, 4) is 0 Å². The van der Waals surface area contributed by atoms with E-state index in [1.165, 1.54) is 10.9 Å². The lowest BCUT2D eigenvalue weighted by Gasteiger charge is -2.21. The molecule has 102 valence electrons. The van der Waals surface area contributed by atoms with Gasteiger partial charge in [-0.25, -0.2) is 0 Å². The standard InChI is InChI=1S/C15H20N2OS/c1-11(15(10-18)19-2)17-9-13-5-3-4-12-8-16-7-6-14(12)13/h3-8,11,15,17-18H,9-10H2,1-2H3. The van der Waals surface area contributed by atoms with E-state index in [-0.39, 0.29) is 17.9 Å². The minimum atomic E-state index is 0.203. The molecular formula is C15H20N2OS. The van der Waals surface area contributed by atoms with Crippen LogP contribution in [-0.2, 0) is 6.54 Å². The third kappa shape index (κ3) is 3.47. The number of aliphatic hydroxyl groups is 1. The molecule has 4 heteroatoms. The number of hydrogen-bond donors (Lipinski definition) is 2. The highest BCUT2D eigenvalue weighted by Crippen LogP contribution is 2.18. The predicted octanol–water partition coefficient (Wildman–Crippen LogP) is 2.44. The Bertz CT molecular complexity index is 523. The Morgan fingerprint density at radius 2 is 2.21 bits per heavy atom. The molecule has 2 N–H and O–H groups in total. The molecule has 0 bridgehead atoms. The number of hydrogen-bond acceptors (Lipinski definition) is 4. The third-order valence-electron chi connectivity index (χ3n) is 3.43. The molecule has 1 heterocycles. The normalized spacial score (nSPS) is 14.5. The fourth-order valence-corrected chi connectivity index (χ4v) is 2.84. The molecule has 3 nitrogen and oxygen atoms in total. The van der Waals surface area contributed by atoms with Crippen LogP contribution in [-0.4, -0.2) is 34.2 Å². The fraction of sp³-hybridized carbons (Fsp3) is 0.400. The van der Waals surface area contributed by atoms with E-state index < -0.39 is 0 Å². The highest BCUT2D eigenvalue weighted by molar-refractivity contribution is 7.99. The molecule has 2 atom stereocenters. The van der Waals surface area contributed by atoms with Crippen molar-refractivity contribution in [2.45, 2.75) is 24.8 Å². The van der Waals surface area contributed by atoms with Crippen LogP contribution < -0.4 is 5.32 Å². The maximum Gasteiger partial charge on any atom is 0.0564 e. The zero-order valence-electron chi connectivity index (χ0n) is 11.3. The van der Waals surface area contributed by atoms with Crippen LogP contribution in [0.4, 0.5) is 0 Å². The average molecular weight is 276 g/mol. The lowest BCUT2D eigenvalue weighted by molar-refractivity contribution is 0.276. The smallest absolute Gasteiger partial charge is 0.0564 e. The second kappa shape index (κ2) is 6.89. The maximum absolute atomic E-state index is 9.30. The third-order valence-corrected chi connectivity index (χ3v) is 4.59. The number of pyridine rings is 1. The van der Waals surface area contributed by atoms with Crippen molar-refractivity contribution in [2.75, 3.05) is 12.9 Å². The summed E-state index contributed by atoms with van der Waals surface area (Å²) in [5, 5.41) is 15.4. The van der Waals surface area contributed by atoms with Crippen LogP contribution in [0.15, 0.2) is 36.7 Å². The van der Waals surface area contributed by atoms with Gasteiger partial charge in [-0.3, -0.25) is 4.98 Å². The van der Waals surface area contributed by atoms with Crippen molar-refractivity contribution in [1.82, 2.24) is 10.3 Å². The van der Waals surface area contributed by atoms with Gasteiger partial charge in [0.25, 0.3) is 0 Å². The Kier molecular flexibility index (Phi) is 5.19. The Balaban J connectivity index is 2.09. The molecule has 1 aromatic carbocycles. The quantitative estimate of drug-likeness (QED) is 0.850. The van der Waals surface area contributed by atoms with Crippen molar-refractivity contribution in [3.05, 3.63) is 42.2 Å². The number of aliphatic hydroxyl groups excluding tert-OH is 1. The lowest BCUT2D eigenvalue weighted by Crippen LogP contribution is -2.37. The summed E-state index contributed by atoms with van der Waals surface area (Å²) in [7, 11) is 0. The molecule has 19 heavy (non-hydrogen) atoms. The number of nitrogens with zero attached hydrogens (tertiary/aromatic N) is 1.